The van der Waals surface area contributed by atoms with Crippen LogP contribution in [0.5, 0.6) is 0 Å². The van der Waals surface area contributed by atoms with Crippen molar-refractivity contribution < 1.29 is 0 Å². The highest BCUT2D eigenvalue weighted by Gasteiger charge is 2.10. The van der Waals surface area contributed by atoms with E-state index in [0.29, 0.717) is 0 Å². The molecule has 0 aromatic rings. The van der Waals surface area contributed by atoms with Gasteiger partial charge in [0.25, 0.3) is 0 Å². The minimum atomic E-state index is 0.728. The zero-order valence-corrected chi connectivity index (χ0v) is 9.59. The Balaban J connectivity index is 3.54. The lowest BCUT2D eigenvalue weighted by molar-refractivity contribution is 0.266. The van der Waals surface area contributed by atoms with E-state index in [1.807, 2.05) is 0 Å². The summed E-state index contributed by atoms with van der Waals surface area (Å²) in [6.45, 7) is 9.27. The Morgan fingerprint density at radius 2 is 1.42 bits per heavy atom. The SMILES string of the molecule is CC(C)C(C)CCC(C)N(C)C. The highest BCUT2D eigenvalue weighted by Crippen LogP contribution is 2.17. The largest absolute Gasteiger partial charge is 0.307 e. The first-order chi connectivity index (χ1) is 5.45. The molecule has 12 heavy (non-hydrogen) atoms. The van der Waals surface area contributed by atoms with Crippen LogP contribution in [0.4, 0.5) is 0 Å². The molecule has 0 aliphatic heterocycles. The lowest BCUT2D eigenvalue weighted by Gasteiger charge is -2.22. The van der Waals surface area contributed by atoms with Crippen molar-refractivity contribution in [2.24, 2.45) is 11.8 Å². The van der Waals surface area contributed by atoms with Crippen LogP contribution in [-0.4, -0.2) is 25.0 Å². The van der Waals surface area contributed by atoms with Crippen LogP contribution in [0.15, 0.2) is 0 Å². The zero-order chi connectivity index (χ0) is 9.72. The van der Waals surface area contributed by atoms with Crippen molar-refractivity contribution in [2.75, 3.05) is 14.1 Å². The van der Waals surface area contributed by atoms with Crippen molar-refractivity contribution in [2.45, 2.75) is 46.6 Å². The summed E-state index contributed by atoms with van der Waals surface area (Å²) in [7, 11) is 4.31. The summed E-state index contributed by atoms with van der Waals surface area (Å²) in [4.78, 5) is 2.30. The minimum absolute atomic E-state index is 0.728. The molecule has 0 heterocycles. The predicted octanol–water partition coefficient (Wildman–Crippen LogP) is 3.01. The van der Waals surface area contributed by atoms with E-state index in [1.165, 1.54) is 12.8 Å². The van der Waals surface area contributed by atoms with Crippen LogP contribution in [0.1, 0.15) is 40.5 Å². The summed E-state index contributed by atoms with van der Waals surface area (Å²) in [5.74, 6) is 1.70. The van der Waals surface area contributed by atoms with Gasteiger partial charge in [-0.15, -0.1) is 0 Å². The molecule has 2 atom stereocenters. The molecule has 0 fully saturated rings. The van der Waals surface area contributed by atoms with E-state index in [-0.39, 0.29) is 0 Å². The van der Waals surface area contributed by atoms with E-state index in [1.54, 1.807) is 0 Å². The summed E-state index contributed by atoms with van der Waals surface area (Å²) in [5.41, 5.74) is 0. The van der Waals surface area contributed by atoms with Gasteiger partial charge in [0, 0.05) is 6.04 Å². The summed E-state index contributed by atoms with van der Waals surface area (Å²) >= 11 is 0. The molecule has 0 amide bonds. The van der Waals surface area contributed by atoms with Crippen molar-refractivity contribution in [1.82, 2.24) is 4.90 Å². The van der Waals surface area contributed by atoms with Gasteiger partial charge in [-0.1, -0.05) is 20.8 Å². The summed E-state index contributed by atoms with van der Waals surface area (Å²) < 4.78 is 0. The molecule has 74 valence electrons. The Kier molecular flexibility index (Phi) is 5.56. The van der Waals surface area contributed by atoms with Gasteiger partial charge in [-0.3, -0.25) is 0 Å². The van der Waals surface area contributed by atoms with Crippen molar-refractivity contribution in [3.8, 4) is 0 Å². The van der Waals surface area contributed by atoms with E-state index in [0.717, 1.165) is 17.9 Å². The standard InChI is InChI=1S/C11H25N/c1-9(2)10(3)7-8-11(4)12(5)6/h9-11H,7-8H2,1-6H3. The topological polar surface area (TPSA) is 3.24 Å². The van der Waals surface area contributed by atoms with Gasteiger partial charge in [-0.05, 0) is 45.7 Å². The molecule has 2 unspecified atom stereocenters. The van der Waals surface area contributed by atoms with Crippen LogP contribution in [0.3, 0.4) is 0 Å². The fraction of sp³-hybridized carbons (Fsp3) is 1.00. The second-order valence-electron chi connectivity index (χ2n) is 4.61. The maximum atomic E-state index is 2.35. The molecular weight excluding hydrogens is 146 g/mol. The third kappa shape index (κ3) is 4.76. The first-order valence-electron chi connectivity index (χ1n) is 5.11. The molecule has 0 aromatic carbocycles. The predicted molar refractivity (Wildman–Crippen MR) is 56.4 cm³/mol. The molecule has 0 aliphatic carbocycles. The molecule has 0 saturated heterocycles. The van der Waals surface area contributed by atoms with Crippen molar-refractivity contribution >= 4 is 0 Å². The van der Waals surface area contributed by atoms with Gasteiger partial charge in [0.2, 0.25) is 0 Å². The van der Waals surface area contributed by atoms with Gasteiger partial charge in [0.15, 0.2) is 0 Å². The quantitative estimate of drug-likeness (QED) is 0.614. The van der Waals surface area contributed by atoms with Crippen molar-refractivity contribution in [1.29, 1.82) is 0 Å². The number of rotatable bonds is 5. The third-order valence-corrected chi connectivity index (χ3v) is 3.06. The second-order valence-corrected chi connectivity index (χ2v) is 4.61. The first-order valence-corrected chi connectivity index (χ1v) is 5.11. The molecule has 0 rings (SSSR count). The minimum Gasteiger partial charge on any atom is -0.307 e. The molecule has 0 aromatic heterocycles. The zero-order valence-electron chi connectivity index (χ0n) is 9.59. The van der Waals surface area contributed by atoms with E-state index < -0.39 is 0 Å². The van der Waals surface area contributed by atoms with Crippen molar-refractivity contribution in [3.05, 3.63) is 0 Å². The van der Waals surface area contributed by atoms with Crippen LogP contribution in [-0.2, 0) is 0 Å². The van der Waals surface area contributed by atoms with Crippen LogP contribution in [0.2, 0.25) is 0 Å². The summed E-state index contributed by atoms with van der Waals surface area (Å²) in [6, 6.07) is 0.728. The molecule has 0 aliphatic rings. The average Bonchev–Trinajstić information content (AvgIpc) is 1.98. The van der Waals surface area contributed by atoms with Gasteiger partial charge in [-0.2, -0.15) is 0 Å². The maximum absolute atomic E-state index is 2.35. The first kappa shape index (κ1) is 12.0. The Labute approximate surface area is 78.1 Å². The Bertz CT molecular complexity index is 93.6. The van der Waals surface area contributed by atoms with E-state index in [4.69, 9.17) is 0 Å². The monoisotopic (exact) mass is 171 g/mol. The summed E-state index contributed by atoms with van der Waals surface area (Å²) in [6.07, 6.45) is 2.68. The van der Waals surface area contributed by atoms with E-state index in [2.05, 4.69) is 46.7 Å². The number of nitrogens with zero attached hydrogens (tertiary/aromatic N) is 1. The summed E-state index contributed by atoms with van der Waals surface area (Å²) in [5, 5.41) is 0. The maximum Gasteiger partial charge on any atom is 0.00609 e. The second kappa shape index (κ2) is 5.58. The Morgan fingerprint density at radius 1 is 0.917 bits per heavy atom. The smallest absolute Gasteiger partial charge is 0.00609 e. The fourth-order valence-corrected chi connectivity index (χ4v) is 1.10. The van der Waals surface area contributed by atoms with Crippen LogP contribution in [0, 0.1) is 11.8 Å². The van der Waals surface area contributed by atoms with Gasteiger partial charge in [-0.25, -0.2) is 0 Å². The van der Waals surface area contributed by atoms with E-state index in [9.17, 15) is 0 Å². The molecular formula is C11H25N. The van der Waals surface area contributed by atoms with Gasteiger partial charge in [0.1, 0.15) is 0 Å². The molecule has 1 nitrogen and oxygen atoms in total. The molecule has 0 N–H and O–H groups in total. The number of hydrogen-bond acceptors (Lipinski definition) is 1. The van der Waals surface area contributed by atoms with Crippen LogP contribution < -0.4 is 0 Å². The number of hydrogen-bond donors (Lipinski definition) is 0. The lowest BCUT2D eigenvalue weighted by atomic mass is 9.92. The fourth-order valence-electron chi connectivity index (χ4n) is 1.10. The van der Waals surface area contributed by atoms with Crippen LogP contribution in [0.25, 0.3) is 0 Å². The molecule has 0 radical (unpaired) electrons. The van der Waals surface area contributed by atoms with Gasteiger partial charge < -0.3 is 4.90 Å². The van der Waals surface area contributed by atoms with E-state index >= 15 is 0 Å². The van der Waals surface area contributed by atoms with Gasteiger partial charge in [0.05, 0.1) is 0 Å². The normalized spacial score (nSPS) is 17.0. The Hall–Kier alpha value is -0.0400. The molecule has 0 spiro atoms. The lowest BCUT2D eigenvalue weighted by Crippen LogP contribution is -2.25. The molecule has 0 saturated carbocycles. The average molecular weight is 171 g/mol. The van der Waals surface area contributed by atoms with Gasteiger partial charge >= 0.3 is 0 Å². The Morgan fingerprint density at radius 3 is 1.75 bits per heavy atom. The molecule has 1 heteroatoms. The highest BCUT2D eigenvalue weighted by molar-refractivity contribution is 4.64. The highest BCUT2D eigenvalue weighted by atomic mass is 15.1. The molecule has 0 bridgehead atoms. The van der Waals surface area contributed by atoms with Crippen molar-refractivity contribution in [3.63, 3.8) is 0 Å². The van der Waals surface area contributed by atoms with Crippen LogP contribution >= 0.6 is 0 Å². The third-order valence-electron chi connectivity index (χ3n) is 3.06.